The quantitative estimate of drug-likeness (QED) is 0.740. The maximum absolute atomic E-state index is 5.37. The molecule has 0 amide bonds. The van der Waals surface area contributed by atoms with E-state index in [1.165, 1.54) is 47.1 Å². The summed E-state index contributed by atoms with van der Waals surface area (Å²) in [5, 5.41) is 0. The van der Waals surface area contributed by atoms with Crippen molar-refractivity contribution >= 4 is 5.57 Å². The van der Waals surface area contributed by atoms with Crippen molar-refractivity contribution in [2.45, 2.75) is 25.7 Å². The van der Waals surface area contributed by atoms with Crippen molar-refractivity contribution in [1.29, 1.82) is 0 Å². The minimum absolute atomic E-state index is 0.969. The number of fused-ring (bicyclic) bond motifs is 4. The fourth-order valence-electron chi connectivity index (χ4n) is 3.60. The van der Waals surface area contributed by atoms with Gasteiger partial charge in [-0.05, 0) is 65.6 Å². The zero-order chi connectivity index (χ0) is 13.5. The van der Waals surface area contributed by atoms with E-state index in [9.17, 15) is 0 Å². The van der Waals surface area contributed by atoms with Gasteiger partial charge in [0, 0.05) is 0 Å². The average Bonchev–Trinajstić information content (AvgIpc) is 2.53. The van der Waals surface area contributed by atoms with Crippen molar-refractivity contribution in [1.82, 2.24) is 0 Å². The normalized spacial score (nSPS) is 16.2. The summed E-state index contributed by atoms with van der Waals surface area (Å²) in [6.07, 6.45) is 4.76. The van der Waals surface area contributed by atoms with Crippen LogP contribution in [0.4, 0.5) is 0 Å². The Balaban J connectivity index is 1.93. The van der Waals surface area contributed by atoms with Gasteiger partial charge >= 0.3 is 0 Å². The van der Waals surface area contributed by atoms with Crippen LogP contribution in [-0.2, 0) is 12.8 Å². The molecule has 2 aromatic carbocycles. The third-order valence-electron chi connectivity index (χ3n) is 4.61. The Morgan fingerprint density at radius 3 is 2.40 bits per heavy atom. The largest absolute Gasteiger partial charge is 0.497 e. The van der Waals surface area contributed by atoms with Gasteiger partial charge in [-0.25, -0.2) is 0 Å². The van der Waals surface area contributed by atoms with Crippen LogP contribution < -0.4 is 4.74 Å². The van der Waals surface area contributed by atoms with Gasteiger partial charge in [0.05, 0.1) is 7.11 Å². The number of hydrogen-bond donors (Lipinski definition) is 0. The Kier molecular flexibility index (Phi) is 2.66. The molecule has 0 N–H and O–H groups in total. The van der Waals surface area contributed by atoms with Crippen molar-refractivity contribution in [2.75, 3.05) is 7.11 Å². The molecule has 2 aromatic rings. The highest BCUT2D eigenvalue weighted by Gasteiger charge is 2.25. The van der Waals surface area contributed by atoms with Crippen molar-refractivity contribution in [3.63, 3.8) is 0 Å². The predicted octanol–water partition coefficient (Wildman–Crippen LogP) is 4.39. The van der Waals surface area contributed by atoms with Gasteiger partial charge in [0.1, 0.15) is 5.75 Å². The Hall–Kier alpha value is -2.02. The summed E-state index contributed by atoms with van der Waals surface area (Å²) in [6, 6.07) is 15.4. The first-order valence-electron chi connectivity index (χ1n) is 7.34. The maximum Gasteiger partial charge on any atom is 0.119 e. The second-order valence-corrected chi connectivity index (χ2v) is 5.66. The van der Waals surface area contributed by atoms with Crippen LogP contribution in [0, 0.1) is 0 Å². The molecule has 0 bridgehead atoms. The zero-order valence-corrected chi connectivity index (χ0v) is 11.8. The lowest BCUT2D eigenvalue weighted by Crippen LogP contribution is -2.12. The lowest BCUT2D eigenvalue weighted by molar-refractivity contribution is 0.414. The second-order valence-electron chi connectivity index (χ2n) is 5.66. The Morgan fingerprint density at radius 1 is 0.800 bits per heavy atom. The molecule has 0 atom stereocenters. The van der Waals surface area contributed by atoms with Crippen LogP contribution in [0.15, 0.2) is 48.0 Å². The van der Waals surface area contributed by atoms with Gasteiger partial charge in [-0.3, -0.25) is 0 Å². The van der Waals surface area contributed by atoms with Crippen molar-refractivity contribution in [3.05, 3.63) is 70.3 Å². The maximum atomic E-state index is 5.37. The molecule has 4 rings (SSSR count). The van der Waals surface area contributed by atoms with Crippen LogP contribution in [0.3, 0.4) is 0 Å². The molecule has 0 radical (unpaired) electrons. The molecule has 0 saturated heterocycles. The third kappa shape index (κ3) is 1.70. The molecule has 0 spiro atoms. The van der Waals surface area contributed by atoms with Gasteiger partial charge in [0.2, 0.25) is 0 Å². The van der Waals surface area contributed by atoms with Crippen LogP contribution in [0.25, 0.3) is 5.57 Å². The van der Waals surface area contributed by atoms with Crippen molar-refractivity contribution in [2.24, 2.45) is 0 Å². The molecule has 0 aromatic heterocycles. The molecule has 2 aliphatic carbocycles. The van der Waals surface area contributed by atoms with Crippen LogP contribution >= 0.6 is 0 Å². The summed E-state index contributed by atoms with van der Waals surface area (Å²) in [5.74, 6) is 0.969. The van der Waals surface area contributed by atoms with Crippen LogP contribution in [0.1, 0.15) is 35.1 Å². The summed E-state index contributed by atoms with van der Waals surface area (Å²) in [5.41, 5.74) is 8.92. The van der Waals surface area contributed by atoms with Gasteiger partial charge in [0.15, 0.2) is 0 Å². The van der Waals surface area contributed by atoms with E-state index in [2.05, 4.69) is 42.5 Å². The number of ether oxygens (including phenoxy) is 1. The molecule has 100 valence electrons. The molecule has 0 heterocycles. The second kappa shape index (κ2) is 4.52. The lowest BCUT2D eigenvalue weighted by atomic mass is 9.75. The van der Waals surface area contributed by atoms with Gasteiger partial charge in [-0.2, -0.15) is 0 Å². The van der Waals surface area contributed by atoms with Crippen molar-refractivity contribution in [3.8, 4) is 5.75 Å². The van der Waals surface area contributed by atoms with Crippen LogP contribution in [0.2, 0.25) is 0 Å². The predicted molar refractivity (Wildman–Crippen MR) is 82.1 cm³/mol. The minimum atomic E-state index is 0.969. The molecular weight excluding hydrogens is 244 g/mol. The molecule has 1 heteroatoms. The first-order chi connectivity index (χ1) is 9.86. The van der Waals surface area contributed by atoms with E-state index in [4.69, 9.17) is 4.74 Å². The molecular formula is C19H18O. The van der Waals surface area contributed by atoms with E-state index in [0.717, 1.165) is 12.2 Å². The Labute approximate surface area is 119 Å². The Bertz CT molecular complexity index is 709. The van der Waals surface area contributed by atoms with Gasteiger partial charge in [-0.15, -0.1) is 0 Å². The highest BCUT2D eigenvalue weighted by molar-refractivity contribution is 5.87. The van der Waals surface area contributed by atoms with Gasteiger partial charge in [-0.1, -0.05) is 35.9 Å². The number of benzene rings is 2. The molecule has 0 unspecified atom stereocenters. The van der Waals surface area contributed by atoms with Crippen molar-refractivity contribution < 1.29 is 4.74 Å². The summed E-state index contributed by atoms with van der Waals surface area (Å²) < 4.78 is 5.37. The number of aryl methyl sites for hydroxylation is 2. The lowest BCUT2D eigenvalue weighted by Gasteiger charge is -2.29. The number of rotatable bonds is 1. The van der Waals surface area contributed by atoms with E-state index in [1.54, 1.807) is 12.7 Å². The van der Waals surface area contributed by atoms with Crippen LogP contribution in [-0.4, -0.2) is 7.11 Å². The number of allylic oxidation sites excluding steroid dienone is 1. The fourth-order valence-corrected chi connectivity index (χ4v) is 3.60. The topological polar surface area (TPSA) is 9.23 Å². The molecule has 0 fully saturated rings. The number of methoxy groups -OCH3 is 1. The van der Waals surface area contributed by atoms with E-state index in [-0.39, 0.29) is 0 Å². The first kappa shape index (κ1) is 11.8. The number of hydrogen-bond acceptors (Lipinski definition) is 1. The summed E-state index contributed by atoms with van der Waals surface area (Å²) in [4.78, 5) is 0. The van der Waals surface area contributed by atoms with E-state index < -0.39 is 0 Å². The van der Waals surface area contributed by atoms with Gasteiger partial charge in [0.25, 0.3) is 0 Å². The summed E-state index contributed by atoms with van der Waals surface area (Å²) in [7, 11) is 1.74. The average molecular weight is 262 g/mol. The van der Waals surface area contributed by atoms with E-state index in [0.29, 0.717) is 0 Å². The van der Waals surface area contributed by atoms with E-state index >= 15 is 0 Å². The Morgan fingerprint density at radius 2 is 1.55 bits per heavy atom. The minimum Gasteiger partial charge on any atom is -0.497 e. The summed E-state index contributed by atoms with van der Waals surface area (Å²) in [6.45, 7) is 0. The summed E-state index contributed by atoms with van der Waals surface area (Å²) >= 11 is 0. The monoisotopic (exact) mass is 262 g/mol. The van der Waals surface area contributed by atoms with Gasteiger partial charge < -0.3 is 4.74 Å². The molecule has 0 saturated carbocycles. The zero-order valence-electron chi connectivity index (χ0n) is 11.8. The third-order valence-corrected chi connectivity index (χ3v) is 4.61. The SMILES string of the molecule is COc1ccc2c(c1)CCC1=C2c2ccccc2CC1. The van der Waals surface area contributed by atoms with Crippen LogP contribution in [0.5, 0.6) is 5.75 Å². The highest BCUT2D eigenvalue weighted by Crippen LogP contribution is 2.43. The standard InChI is InChI=1S/C19H18O/c1-20-16-10-11-18-15(12-16)9-8-14-7-6-13-4-2-3-5-17(13)19(14)18/h2-5,10-12H,6-9H2,1H3. The smallest absolute Gasteiger partial charge is 0.119 e. The molecule has 20 heavy (non-hydrogen) atoms. The fraction of sp³-hybridized carbons (Fsp3) is 0.263. The van der Waals surface area contributed by atoms with E-state index in [1.807, 2.05) is 0 Å². The molecule has 0 aliphatic heterocycles. The molecule has 2 aliphatic rings. The molecule has 1 nitrogen and oxygen atoms in total. The highest BCUT2D eigenvalue weighted by atomic mass is 16.5. The first-order valence-corrected chi connectivity index (χ1v) is 7.34.